The molecule has 1 N–H and O–H groups in total. The first-order valence-electron chi connectivity index (χ1n) is 8.83. The number of nitrogens with one attached hydrogen (secondary N) is 1. The van der Waals surface area contributed by atoms with E-state index < -0.39 is 0 Å². The minimum atomic E-state index is -0.334. The number of aromatic nitrogens is 1. The van der Waals surface area contributed by atoms with Gasteiger partial charge in [0.05, 0.1) is 12.1 Å². The second-order valence-electron chi connectivity index (χ2n) is 7.66. The van der Waals surface area contributed by atoms with Crippen molar-refractivity contribution in [1.29, 1.82) is 0 Å². The Labute approximate surface area is 165 Å². The molecule has 0 spiro atoms. The zero-order chi connectivity index (χ0) is 20.2. The summed E-state index contributed by atoms with van der Waals surface area (Å²) < 4.78 is 0. The predicted octanol–water partition coefficient (Wildman–Crippen LogP) is 3.84. The topological polar surface area (TPSA) is 62.3 Å². The van der Waals surface area contributed by atoms with Crippen molar-refractivity contribution in [3.05, 3.63) is 53.2 Å². The van der Waals surface area contributed by atoms with E-state index in [9.17, 15) is 9.59 Å². The molecule has 5 nitrogen and oxygen atoms in total. The van der Waals surface area contributed by atoms with E-state index in [0.717, 1.165) is 4.90 Å². The number of aryl methyl sites for hydroxylation is 2. The van der Waals surface area contributed by atoms with E-state index in [2.05, 4.69) is 36.3 Å². The number of carbonyl (C=O) groups is 2. The van der Waals surface area contributed by atoms with E-state index in [-0.39, 0.29) is 23.9 Å². The Hall–Kier alpha value is -2.34. The van der Waals surface area contributed by atoms with Crippen molar-refractivity contribution < 1.29 is 9.59 Å². The Morgan fingerprint density at radius 3 is 2.48 bits per heavy atom. The number of likely N-dealkylation sites (N-methyl/N-ethyl adjacent to an activating group) is 1. The van der Waals surface area contributed by atoms with Gasteiger partial charge in [-0.2, -0.15) is 0 Å². The summed E-state index contributed by atoms with van der Waals surface area (Å²) in [5.41, 5.74) is 2.58. The molecule has 1 heterocycles. The van der Waals surface area contributed by atoms with Gasteiger partial charge in [0, 0.05) is 23.7 Å². The summed E-state index contributed by atoms with van der Waals surface area (Å²) in [6, 6.07) is 9.66. The van der Waals surface area contributed by atoms with Gasteiger partial charge in [-0.25, -0.2) is 4.98 Å². The minimum absolute atomic E-state index is 0.00125. The molecule has 144 valence electrons. The molecule has 0 aliphatic rings. The van der Waals surface area contributed by atoms with Gasteiger partial charge in [-0.1, -0.05) is 17.8 Å². The number of benzene rings is 1. The van der Waals surface area contributed by atoms with Gasteiger partial charge in [-0.15, -0.1) is 0 Å². The molecule has 0 unspecified atom stereocenters. The SMILES string of the molecule is Cc1ccc(Sc2ncccc2C(=O)N(C)CC(=O)NC(C)(C)C)cc1C. The zero-order valence-electron chi connectivity index (χ0n) is 16.8. The molecular weight excluding hydrogens is 358 g/mol. The number of rotatable bonds is 5. The molecule has 0 aliphatic heterocycles. The predicted molar refractivity (Wildman–Crippen MR) is 109 cm³/mol. The second-order valence-corrected chi connectivity index (χ2v) is 8.73. The molecule has 2 aromatic rings. The molecule has 0 fully saturated rings. The highest BCUT2D eigenvalue weighted by Gasteiger charge is 2.21. The van der Waals surface area contributed by atoms with Gasteiger partial charge in [-0.05, 0) is 70.0 Å². The maximum Gasteiger partial charge on any atom is 0.256 e. The highest BCUT2D eigenvalue weighted by atomic mass is 32.2. The fourth-order valence-electron chi connectivity index (χ4n) is 2.47. The van der Waals surface area contributed by atoms with E-state index in [1.165, 1.54) is 27.8 Å². The van der Waals surface area contributed by atoms with Gasteiger partial charge in [-0.3, -0.25) is 9.59 Å². The average molecular weight is 386 g/mol. The standard InChI is InChI=1S/C21H27N3O2S/c1-14-9-10-16(12-15(14)2)27-19-17(8-7-11-22-19)20(26)24(6)13-18(25)23-21(3,4)5/h7-12H,13H2,1-6H3,(H,23,25). The lowest BCUT2D eigenvalue weighted by molar-refractivity contribution is -0.122. The van der Waals surface area contributed by atoms with Crippen LogP contribution in [0.15, 0.2) is 46.5 Å². The molecule has 0 radical (unpaired) electrons. The fraction of sp³-hybridized carbons (Fsp3) is 0.381. The van der Waals surface area contributed by atoms with Crippen LogP contribution in [0.1, 0.15) is 42.3 Å². The molecule has 27 heavy (non-hydrogen) atoms. The largest absolute Gasteiger partial charge is 0.350 e. The summed E-state index contributed by atoms with van der Waals surface area (Å²) in [7, 11) is 1.63. The third-order valence-electron chi connectivity index (χ3n) is 3.94. The Bertz CT molecular complexity index is 844. The van der Waals surface area contributed by atoms with Crippen LogP contribution in [-0.2, 0) is 4.79 Å². The molecule has 6 heteroatoms. The van der Waals surface area contributed by atoms with E-state index in [4.69, 9.17) is 0 Å². The summed E-state index contributed by atoms with van der Waals surface area (Å²) >= 11 is 1.45. The van der Waals surface area contributed by atoms with E-state index in [0.29, 0.717) is 10.6 Å². The number of pyridine rings is 1. The van der Waals surface area contributed by atoms with Crippen LogP contribution in [0.2, 0.25) is 0 Å². The number of carbonyl (C=O) groups excluding carboxylic acids is 2. The van der Waals surface area contributed by atoms with Crippen molar-refractivity contribution in [2.75, 3.05) is 13.6 Å². The smallest absolute Gasteiger partial charge is 0.256 e. The quantitative estimate of drug-likeness (QED) is 0.849. The molecule has 0 atom stereocenters. The summed E-state index contributed by atoms with van der Waals surface area (Å²) in [6.07, 6.45) is 1.67. The van der Waals surface area contributed by atoms with Gasteiger partial charge in [0.1, 0.15) is 5.03 Å². The van der Waals surface area contributed by atoms with Crippen LogP contribution in [-0.4, -0.2) is 40.8 Å². The van der Waals surface area contributed by atoms with Crippen molar-refractivity contribution in [2.24, 2.45) is 0 Å². The lowest BCUT2D eigenvalue weighted by atomic mass is 10.1. The second kappa shape index (κ2) is 8.57. The summed E-state index contributed by atoms with van der Waals surface area (Å²) in [5.74, 6) is -0.413. The van der Waals surface area contributed by atoms with Crippen LogP contribution in [0.25, 0.3) is 0 Å². The van der Waals surface area contributed by atoms with Crippen LogP contribution < -0.4 is 5.32 Å². The molecule has 0 saturated heterocycles. The van der Waals surface area contributed by atoms with E-state index in [1.807, 2.05) is 26.8 Å². The molecule has 0 aliphatic carbocycles. The molecule has 1 aromatic carbocycles. The van der Waals surface area contributed by atoms with Crippen molar-refractivity contribution in [3.8, 4) is 0 Å². The van der Waals surface area contributed by atoms with Gasteiger partial charge >= 0.3 is 0 Å². The van der Waals surface area contributed by atoms with Gasteiger partial charge in [0.15, 0.2) is 0 Å². The van der Waals surface area contributed by atoms with Crippen molar-refractivity contribution >= 4 is 23.6 Å². The van der Waals surface area contributed by atoms with E-state index in [1.54, 1.807) is 25.4 Å². The Morgan fingerprint density at radius 1 is 1.15 bits per heavy atom. The van der Waals surface area contributed by atoms with Crippen molar-refractivity contribution in [2.45, 2.75) is 50.1 Å². The average Bonchev–Trinajstić information content (AvgIpc) is 2.56. The van der Waals surface area contributed by atoms with Crippen molar-refractivity contribution in [1.82, 2.24) is 15.2 Å². The van der Waals surface area contributed by atoms with Gasteiger partial charge < -0.3 is 10.2 Å². The monoisotopic (exact) mass is 385 g/mol. The zero-order valence-corrected chi connectivity index (χ0v) is 17.6. The van der Waals surface area contributed by atoms with Crippen LogP contribution >= 0.6 is 11.8 Å². The Kier molecular flexibility index (Phi) is 6.65. The van der Waals surface area contributed by atoms with Gasteiger partial charge in [0.25, 0.3) is 5.91 Å². The third kappa shape index (κ3) is 6.10. The first-order chi connectivity index (χ1) is 12.6. The van der Waals surface area contributed by atoms with Crippen LogP contribution in [0.5, 0.6) is 0 Å². The lowest BCUT2D eigenvalue weighted by Crippen LogP contribution is -2.46. The van der Waals surface area contributed by atoms with Gasteiger partial charge in [0.2, 0.25) is 5.91 Å². The highest BCUT2D eigenvalue weighted by molar-refractivity contribution is 7.99. The van der Waals surface area contributed by atoms with Crippen LogP contribution in [0.3, 0.4) is 0 Å². The normalized spacial score (nSPS) is 11.2. The molecule has 0 saturated carbocycles. The van der Waals surface area contributed by atoms with E-state index >= 15 is 0 Å². The molecular formula is C21H27N3O2S. The maximum atomic E-state index is 12.9. The number of hydrogen-bond acceptors (Lipinski definition) is 4. The Morgan fingerprint density at radius 2 is 1.85 bits per heavy atom. The first-order valence-corrected chi connectivity index (χ1v) is 9.65. The van der Waals surface area contributed by atoms with Crippen molar-refractivity contribution in [3.63, 3.8) is 0 Å². The molecule has 0 bridgehead atoms. The molecule has 2 amide bonds. The number of nitrogens with zero attached hydrogens (tertiary/aromatic N) is 2. The van der Waals surface area contributed by atoms with Crippen LogP contribution in [0, 0.1) is 13.8 Å². The number of amides is 2. The molecule has 2 rings (SSSR count). The first kappa shape index (κ1) is 21.0. The molecule has 1 aromatic heterocycles. The number of hydrogen-bond donors (Lipinski definition) is 1. The summed E-state index contributed by atoms with van der Waals surface area (Å²) in [5, 5.41) is 3.50. The maximum absolute atomic E-state index is 12.9. The Balaban J connectivity index is 2.17. The fourth-order valence-corrected chi connectivity index (χ4v) is 3.45. The summed E-state index contributed by atoms with van der Waals surface area (Å²) in [4.78, 5) is 31.8. The highest BCUT2D eigenvalue weighted by Crippen LogP contribution is 2.30. The van der Waals surface area contributed by atoms with Crippen LogP contribution in [0.4, 0.5) is 0 Å². The summed E-state index contributed by atoms with van der Waals surface area (Å²) in [6.45, 7) is 9.85. The lowest BCUT2D eigenvalue weighted by Gasteiger charge is -2.23. The minimum Gasteiger partial charge on any atom is -0.350 e. The third-order valence-corrected chi connectivity index (χ3v) is 4.94.